The molecule has 1 amide bonds. The lowest BCUT2D eigenvalue weighted by Gasteiger charge is -2.39. The van der Waals surface area contributed by atoms with Crippen molar-refractivity contribution in [1.29, 1.82) is 0 Å². The van der Waals surface area contributed by atoms with Gasteiger partial charge in [0.1, 0.15) is 43.2 Å². The van der Waals surface area contributed by atoms with Gasteiger partial charge in [0.15, 0.2) is 6.23 Å². The smallest absolute Gasteiger partial charge is 0.351 e. The third-order valence-corrected chi connectivity index (χ3v) is 19.0. The maximum atomic E-state index is 13.9. The van der Waals surface area contributed by atoms with E-state index in [-0.39, 0.29) is 30.5 Å². The number of carbonyl (C=O) groups is 1. The number of amides is 1. The lowest BCUT2D eigenvalue weighted by Crippen LogP contribution is -2.58. The Morgan fingerprint density at radius 2 is 1.38 bits per heavy atom. The van der Waals surface area contributed by atoms with Gasteiger partial charge in [-0.3, -0.25) is 9.36 Å². The van der Waals surface area contributed by atoms with Crippen LogP contribution in [0.15, 0.2) is 157 Å². The van der Waals surface area contributed by atoms with Crippen LogP contribution in [0, 0.1) is 0 Å². The number of hydrogen-bond donors (Lipinski definition) is 1. The van der Waals surface area contributed by atoms with Crippen molar-refractivity contribution in [3.8, 4) is 11.5 Å². The fourth-order valence-corrected chi connectivity index (χ4v) is 15.5. The summed E-state index contributed by atoms with van der Waals surface area (Å²) in [6.45, 7) is 4.72. The molecule has 1 aromatic heterocycles. The highest BCUT2D eigenvalue weighted by molar-refractivity contribution is 7.45. The highest BCUT2D eigenvalue weighted by Gasteiger charge is 2.54. The second-order valence-corrected chi connectivity index (χ2v) is 22.3. The number of rotatable bonds is 15. The zero-order valence-corrected chi connectivity index (χ0v) is 38.3. The molecule has 12 nitrogen and oxygen atoms in total. The van der Waals surface area contributed by atoms with Crippen molar-refractivity contribution in [2.45, 2.75) is 68.5 Å². The number of nitrogens with one attached hydrogen (secondary N) is 1. The van der Waals surface area contributed by atoms with Gasteiger partial charge in [-0.1, -0.05) is 132 Å². The van der Waals surface area contributed by atoms with Gasteiger partial charge in [-0.05, 0) is 65.9 Å². The fourth-order valence-electron chi connectivity index (χ4n) is 9.52. The SMILES string of the molecule is COc1ccc(C(O[C@H]2CO[C@@H](n3ccc(NC(C)=O)nc3=O)[C@@H]2O[P@]2O[C@H](C[Si](C)(c3ccccc3)c3ccccc3)[C@@H]3CCCN32)(c2ccccc2)c2ccc(OC)cc2)cc1. The normalized spacial score (nSPS) is 22.2. The fraction of sp³-hybridized carbons (Fsp3) is 0.300. The van der Waals surface area contributed by atoms with Crippen LogP contribution in [-0.4, -0.2) is 79.9 Å². The first-order valence-corrected chi connectivity index (χ1v) is 25.6. The van der Waals surface area contributed by atoms with E-state index >= 15 is 0 Å². The van der Waals surface area contributed by atoms with Gasteiger partial charge < -0.3 is 33.3 Å². The molecule has 1 N–H and O–H groups in total. The van der Waals surface area contributed by atoms with E-state index in [2.05, 4.69) is 94.3 Å². The van der Waals surface area contributed by atoms with Crippen LogP contribution < -0.4 is 30.9 Å². The summed E-state index contributed by atoms with van der Waals surface area (Å²) in [5.41, 5.74) is 0.761. The quantitative estimate of drug-likeness (QED) is 0.0631. The van der Waals surface area contributed by atoms with Crippen molar-refractivity contribution in [3.63, 3.8) is 0 Å². The molecular weight excluding hydrogens is 844 g/mol. The van der Waals surface area contributed by atoms with Crippen LogP contribution in [0.4, 0.5) is 5.82 Å². The number of benzene rings is 5. The maximum Gasteiger partial charge on any atom is 0.351 e. The van der Waals surface area contributed by atoms with E-state index in [1.807, 2.05) is 66.7 Å². The molecule has 0 aliphatic carbocycles. The summed E-state index contributed by atoms with van der Waals surface area (Å²) >= 11 is 0. The number of nitrogens with zero attached hydrogens (tertiary/aromatic N) is 3. The number of anilines is 1. The molecule has 0 radical (unpaired) electrons. The van der Waals surface area contributed by atoms with Gasteiger partial charge in [-0.2, -0.15) is 4.98 Å². The van der Waals surface area contributed by atoms with E-state index in [0.717, 1.165) is 42.1 Å². The molecule has 3 saturated heterocycles. The Morgan fingerprint density at radius 1 is 0.812 bits per heavy atom. The number of aromatic nitrogens is 2. The summed E-state index contributed by atoms with van der Waals surface area (Å²) in [6, 6.07) is 50.1. The number of ether oxygens (including phenoxy) is 4. The lowest BCUT2D eigenvalue weighted by molar-refractivity contribution is -0.114. The molecule has 330 valence electrons. The van der Waals surface area contributed by atoms with Crippen LogP contribution in [0.25, 0.3) is 0 Å². The molecule has 3 aliphatic heterocycles. The minimum absolute atomic E-state index is 0.0825. The van der Waals surface area contributed by atoms with Crippen molar-refractivity contribution < 1.29 is 32.8 Å². The predicted octanol–water partition coefficient (Wildman–Crippen LogP) is 7.49. The van der Waals surface area contributed by atoms with Crippen LogP contribution in [0.3, 0.4) is 0 Å². The van der Waals surface area contributed by atoms with Crippen molar-refractivity contribution >= 4 is 38.7 Å². The van der Waals surface area contributed by atoms with Crippen LogP contribution >= 0.6 is 8.53 Å². The van der Waals surface area contributed by atoms with Gasteiger partial charge >= 0.3 is 5.69 Å². The van der Waals surface area contributed by atoms with Gasteiger partial charge in [0.2, 0.25) is 5.91 Å². The number of hydrogen-bond acceptors (Lipinski definition) is 10. The maximum absolute atomic E-state index is 13.9. The summed E-state index contributed by atoms with van der Waals surface area (Å²) in [6.07, 6.45) is 0.977. The van der Waals surface area contributed by atoms with E-state index in [4.69, 9.17) is 28.0 Å². The Balaban J connectivity index is 1.12. The van der Waals surface area contributed by atoms with E-state index in [9.17, 15) is 9.59 Å². The van der Waals surface area contributed by atoms with Gasteiger partial charge in [-0.15, -0.1) is 0 Å². The first-order chi connectivity index (χ1) is 31.2. The Labute approximate surface area is 376 Å². The highest BCUT2D eigenvalue weighted by Crippen LogP contribution is 2.59. The minimum atomic E-state index is -2.31. The highest BCUT2D eigenvalue weighted by atomic mass is 31.2. The number of methoxy groups -OCH3 is 2. The monoisotopic (exact) mass is 896 g/mol. The van der Waals surface area contributed by atoms with Gasteiger partial charge in [0.05, 0.1) is 26.9 Å². The van der Waals surface area contributed by atoms with Crippen molar-refractivity contribution in [1.82, 2.24) is 14.2 Å². The molecule has 5 aromatic carbocycles. The molecule has 6 aromatic rings. The molecular formula is C50H53N4O8PSi. The van der Waals surface area contributed by atoms with Crippen LogP contribution in [0.1, 0.15) is 42.7 Å². The summed E-state index contributed by atoms with van der Waals surface area (Å²) in [7, 11) is -0.668. The second kappa shape index (κ2) is 18.9. The summed E-state index contributed by atoms with van der Waals surface area (Å²) in [5, 5.41) is 5.33. The average molecular weight is 897 g/mol. The molecule has 0 unspecified atom stereocenters. The zero-order valence-electron chi connectivity index (χ0n) is 36.4. The molecule has 3 fully saturated rings. The van der Waals surface area contributed by atoms with Crippen molar-refractivity contribution in [2.75, 3.05) is 32.7 Å². The van der Waals surface area contributed by atoms with Crippen LogP contribution in [0.2, 0.25) is 12.6 Å². The van der Waals surface area contributed by atoms with E-state index in [1.54, 1.807) is 26.5 Å². The minimum Gasteiger partial charge on any atom is -0.497 e. The first kappa shape index (κ1) is 43.7. The first-order valence-electron chi connectivity index (χ1n) is 21.7. The third-order valence-electron chi connectivity index (χ3n) is 12.8. The van der Waals surface area contributed by atoms with Gasteiger partial charge in [0, 0.05) is 25.7 Å². The molecule has 0 bridgehead atoms. The van der Waals surface area contributed by atoms with Gasteiger partial charge in [-0.25, -0.2) is 9.46 Å². The van der Waals surface area contributed by atoms with Crippen molar-refractivity contribution in [2.24, 2.45) is 0 Å². The molecule has 64 heavy (non-hydrogen) atoms. The molecule has 9 rings (SSSR count). The molecule has 0 saturated carbocycles. The summed E-state index contributed by atoms with van der Waals surface area (Å²) in [4.78, 5) is 30.0. The molecule has 4 heterocycles. The topological polar surface area (TPSA) is 123 Å². The molecule has 3 aliphatic rings. The van der Waals surface area contributed by atoms with Crippen molar-refractivity contribution in [3.05, 3.63) is 179 Å². The standard InChI is InChI=1S/C50H53N4O8PSi/c1-35(55)51-46-30-32-53(49(56)52-46)48-47(62-63-54-31-14-21-43(54)45(61-63)34-64(4,41-17-10-6-11-18-41)42-19-12-7-13-20-42)44(33-59-48)60-50(36-15-8-5-9-16-36,37-22-26-39(57-2)27-23-37)38-24-28-40(58-3)29-25-38/h5-13,15-20,22-30,32,43-45,47-48H,14,21,31,33-34H2,1-4H3,(H,51,52,55,56)/t43-,44-,45+,47+,48+,63-/m0/s1. The molecule has 14 heteroatoms. The van der Waals surface area contributed by atoms with Crippen LogP contribution in [0.5, 0.6) is 11.5 Å². The van der Waals surface area contributed by atoms with Gasteiger partial charge in [0.25, 0.3) is 8.53 Å². The molecule has 0 spiro atoms. The van der Waals surface area contributed by atoms with E-state index in [1.165, 1.54) is 21.9 Å². The molecule has 6 atom stereocenters. The van der Waals surface area contributed by atoms with E-state index in [0.29, 0.717) is 11.5 Å². The third kappa shape index (κ3) is 8.57. The Bertz CT molecular complexity index is 2480. The Hall–Kier alpha value is -5.50. The van der Waals surface area contributed by atoms with E-state index < -0.39 is 46.3 Å². The summed E-state index contributed by atoms with van der Waals surface area (Å²) in [5.74, 6) is 1.22. The predicted molar refractivity (Wildman–Crippen MR) is 250 cm³/mol. The van der Waals surface area contributed by atoms with Crippen LogP contribution in [-0.2, 0) is 28.9 Å². The number of carbonyl (C=O) groups excluding carboxylic acids is 1. The summed E-state index contributed by atoms with van der Waals surface area (Å²) < 4.78 is 43.8. The number of fused-ring (bicyclic) bond motifs is 1. The Kier molecular flexibility index (Phi) is 12.9. The zero-order chi connectivity index (χ0) is 44.3. The second-order valence-electron chi connectivity index (χ2n) is 16.7. The average Bonchev–Trinajstić information content (AvgIpc) is 4.06. The lowest BCUT2D eigenvalue weighted by atomic mass is 9.79. The Morgan fingerprint density at radius 3 is 1.92 bits per heavy atom. The largest absolute Gasteiger partial charge is 0.497 e.